The van der Waals surface area contributed by atoms with E-state index in [2.05, 4.69) is 50.4 Å². The first-order chi connectivity index (χ1) is 38.4. The first-order valence-electron chi connectivity index (χ1n) is 34.3. The van der Waals surface area contributed by atoms with Crippen molar-refractivity contribution in [1.82, 2.24) is 5.32 Å². The first kappa shape index (κ1) is 77.2. The molecule has 0 aliphatic carbocycles. The molecule has 3 unspecified atom stereocenters. The molecular weight excluding hydrogens is 1000 g/mol. The molecule has 0 bridgehead atoms. The molecule has 0 spiro atoms. The van der Waals surface area contributed by atoms with E-state index in [1.165, 1.54) is 244 Å². The Labute approximate surface area is 491 Å². The van der Waals surface area contributed by atoms with Gasteiger partial charge < -0.3 is 19.4 Å². The van der Waals surface area contributed by atoms with Crippen LogP contribution in [0.15, 0.2) is 36.5 Å². The van der Waals surface area contributed by atoms with Gasteiger partial charge in [-0.25, -0.2) is 4.57 Å². The fourth-order valence-corrected chi connectivity index (χ4v) is 11.0. The van der Waals surface area contributed by atoms with Crippen molar-refractivity contribution in [2.75, 3.05) is 40.9 Å². The van der Waals surface area contributed by atoms with Crippen LogP contribution in [-0.4, -0.2) is 74.3 Å². The summed E-state index contributed by atoms with van der Waals surface area (Å²) >= 11 is 0. The van der Waals surface area contributed by atoms with Gasteiger partial charge in [-0.15, -0.1) is 0 Å². The van der Waals surface area contributed by atoms with Crippen molar-refractivity contribution < 1.29 is 37.3 Å². The van der Waals surface area contributed by atoms with Crippen LogP contribution in [0.5, 0.6) is 0 Å². The van der Waals surface area contributed by atoms with Gasteiger partial charge in [0, 0.05) is 12.8 Å². The lowest BCUT2D eigenvalue weighted by Gasteiger charge is -2.27. The average molecular weight is 1130 g/mol. The Morgan fingerprint density at radius 2 is 0.772 bits per heavy atom. The highest BCUT2D eigenvalue weighted by Crippen LogP contribution is 2.43. The number of phosphoric ester groups is 1. The van der Waals surface area contributed by atoms with Gasteiger partial charge in [-0.3, -0.25) is 18.6 Å². The minimum absolute atomic E-state index is 0.0436. The summed E-state index contributed by atoms with van der Waals surface area (Å²) < 4.78 is 30.8. The number of amides is 1. The normalized spacial score (nSPS) is 13.8. The van der Waals surface area contributed by atoms with Gasteiger partial charge in [0.15, 0.2) is 0 Å². The molecule has 10 heteroatoms. The van der Waals surface area contributed by atoms with Gasteiger partial charge in [0.1, 0.15) is 19.3 Å². The molecule has 0 radical (unpaired) electrons. The number of phosphoric acid groups is 1. The lowest BCUT2D eigenvalue weighted by molar-refractivity contribution is -0.870. The molecule has 0 saturated carbocycles. The highest BCUT2D eigenvalue weighted by Gasteiger charge is 2.30. The van der Waals surface area contributed by atoms with E-state index >= 15 is 0 Å². The van der Waals surface area contributed by atoms with E-state index in [9.17, 15) is 19.0 Å². The second-order valence-corrected chi connectivity index (χ2v) is 26.2. The van der Waals surface area contributed by atoms with Crippen LogP contribution in [0.4, 0.5) is 0 Å². The Bertz CT molecular complexity index is 1450. The quantitative estimate of drug-likeness (QED) is 0.0205. The maximum absolute atomic E-state index is 13.6. The maximum atomic E-state index is 13.6. The molecule has 1 amide bonds. The lowest BCUT2D eigenvalue weighted by Crippen LogP contribution is -2.47. The molecule has 0 aliphatic rings. The van der Waals surface area contributed by atoms with Gasteiger partial charge in [-0.2, -0.15) is 0 Å². The second-order valence-electron chi connectivity index (χ2n) is 24.7. The number of hydrogen-bond donors (Lipinski definition) is 2. The standard InChI is InChI=1S/C69H133N2O7P/c1-7-10-13-16-19-22-25-28-30-32-33-34-35-36-37-38-39-40-42-44-47-50-53-56-59-62-69(73)78-67(60-57-54-51-48-45-27-24-21-18-15-12-9-3)66(65-77-79(74,75)76-64-63-71(4,5)6)70-68(72)61-58-55-52-49-46-43-41-31-29-26-23-20-17-14-11-8-2/h19,22,28,30,57,60,66-67H,7-18,20-21,23-27,29,31-56,58-59,61-65H2,1-6H3,(H-,70,72,74,75)/p+1/b22-19-,30-28-,60-57+. The number of nitrogens with zero attached hydrogens (tertiary/aromatic N) is 1. The third kappa shape index (κ3) is 60.6. The molecule has 2 N–H and O–H groups in total. The third-order valence-corrected chi connectivity index (χ3v) is 16.6. The van der Waals surface area contributed by atoms with Crippen molar-refractivity contribution in [3.05, 3.63) is 36.5 Å². The van der Waals surface area contributed by atoms with Crippen LogP contribution < -0.4 is 5.32 Å². The van der Waals surface area contributed by atoms with Gasteiger partial charge in [0.05, 0.1) is 33.8 Å². The van der Waals surface area contributed by atoms with Crippen LogP contribution in [0.1, 0.15) is 342 Å². The first-order valence-corrected chi connectivity index (χ1v) is 35.8. The van der Waals surface area contributed by atoms with Crippen molar-refractivity contribution in [2.24, 2.45) is 0 Å². The lowest BCUT2D eigenvalue weighted by atomic mass is 10.0. The predicted octanol–water partition coefficient (Wildman–Crippen LogP) is 21.5. The number of unbranched alkanes of at least 4 members (excludes halogenated alkanes) is 43. The van der Waals surface area contributed by atoms with Crippen LogP contribution in [0.2, 0.25) is 0 Å². The number of nitrogens with one attached hydrogen (secondary N) is 1. The Kier molecular flexibility index (Phi) is 58.1. The van der Waals surface area contributed by atoms with Crippen molar-refractivity contribution in [3.8, 4) is 0 Å². The molecule has 0 rings (SSSR count). The molecule has 79 heavy (non-hydrogen) atoms. The van der Waals surface area contributed by atoms with Crippen molar-refractivity contribution in [2.45, 2.75) is 354 Å². The number of likely N-dealkylation sites (N-methyl/N-ethyl adjacent to an activating group) is 1. The molecule has 466 valence electrons. The average Bonchev–Trinajstić information content (AvgIpc) is 3.41. The summed E-state index contributed by atoms with van der Waals surface area (Å²) in [7, 11) is 1.51. The number of ether oxygens (including phenoxy) is 1. The second kappa shape index (κ2) is 59.4. The van der Waals surface area contributed by atoms with E-state index in [1.807, 2.05) is 33.3 Å². The molecule has 0 heterocycles. The third-order valence-electron chi connectivity index (χ3n) is 15.6. The minimum atomic E-state index is -4.45. The number of esters is 1. The van der Waals surface area contributed by atoms with Gasteiger partial charge in [-0.1, -0.05) is 302 Å². The summed E-state index contributed by atoms with van der Waals surface area (Å²) in [5.74, 6) is -0.486. The molecule has 0 aromatic carbocycles. The summed E-state index contributed by atoms with van der Waals surface area (Å²) in [5.41, 5.74) is 0. The molecule has 3 atom stereocenters. The number of carbonyl (C=O) groups is 2. The van der Waals surface area contributed by atoms with Crippen molar-refractivity contribution in [1.29, 1.82) is 0 Å². The zero-order chi connectivity index (χ0) is 57.9. The van der Waals surface area contributed by atoms with Crippen LogP contribution in [0.3, 0.4) is 0 Å². The SMILES string of the molecule is CCCCC/C=C\C/C=C\CCCCCCCCCCCCCCCCCC(=O)OC(/C=C/CCCCCCCCCCCC)C(COP(=O)(O)OCC[N+](C)(C)C)NC(=O)CCCCCCCCCCCCCCCCCC. The van der Waals surface area contributed by atoms with E-state index in [1.54, 1.807) is 0 Å². The summed E-state index contributed by atoms with van der Waals surface area (Å²) in [6, 6.07) is -0.843. The zero-order valence-electron chi connectivity index (χ0n) is 53.4. The summed E-state index contributed by atoms with van der Waals surface area (Å²) in [4.78, 5) is 37.8. The van der Waals surface area contributed by atoms with E-state index < -0.39 is 20.0 Å². The number of rotatable bonds is 63. The Morgan fingerprint density at radius 1 is 0.443 bits per heavy atom. The highest BCUT2D eigenvalue weighted by molar-refractivity contribution is 7.47. The highest BCUT2D eigenvalue weighted by atomic mass is 31.2. The molecule has 0 saturated heterocycles. The molecule has 0 aromatic heterocycles. The van der Waals surface area contributed by atoms with Crippen LogP contribution in [-0.2, 0) is 27.9 Å². The van der Waals surface area contributed by atoms with Gasteiger partial charge >= 0.3 is 13.8 Å². The zero-order valence-corrected chi connectivity index (χ0v) is 54.3. The van der Waals surface area contributed by atoms with Crippen LogP contribution >= 0.6 is 7.82 Å². The monoisotopic (exact) mass is 1130 g/mol. The number of hydrogen-bond acceptors (Lipinski definition) is 6. The smallest absolute Gasteiger partial charge is 0.456 e. The topological polar surface area (TPSA) is 111 Å². The molecule has 0 aromatic rings. The predicted molar refractivity (Wildman–Crippen MR) is 342 cm³/mol. The van der Waals surface area contributed by atoms with E-state index in [-0.39, 0.29) is 25.1 Å². The van der Waals surface area contributed by atoms with Crippen molar-refractivity contribution in [3.63, 3.8) is 0 Å². The Morgan fingerprint density at radius 3 is 1.16 bits per heavy atom. The van der Waals surface area contributed by atoms with Gasteiger partial charge in [0.2, 0.25) is 5.91 Å². The number of quaternary nitrogens is 1. The van der Waals surface area contributed by atoms with Gasteiger partial charge in [-0.05, 0) is 63.9 Å². The molecular formula is C69H134N2O7P+. The molecule has 0 fully saturated rings. The Hall–Kier alpha value is -1.77. The van der Waals surface area contributed by atoms with E-state index in [4.69, 9.17) is 13.8 Å². The number of allylic oxidation sites excluding steroid dienone is 5. The summed E-state index contributed by atoms with van der Waals surface area (Å²) in [6.07, 6.45) is 72.9. The van der Waals surface area contributed by atoms with E-state index in [0.29, 0.717) is 23.9 Å². The minimum Gasteiger partial charge on any atom is -0.456 e. The van der Waals surface area contributed by atoms with Crippen molar-refractivity contribution >= 4 is 19.7 Å². The fraction of sp³-hybridized carbons (Fsp3) is 0.884. The van der Waals surface area contributed by atoms with Crippen LogP contribution in [0, 0.1) is 0 Å². The summed E-state index contributed by atoms with van der Waals surface area (Å²) in [5, 5.41) is 3.07. The van der Waals surface area contributed by atoms with Crippen LogP contribution in [0.25, 0.3) is 0 Å². The largest absolute Gasteiger partial charge is 0.472 e. The number of carbonyl (C=O) groups excluding carboxylic acids is 2. The summed E-state index contributed by atoms with van der Waals surface area (Å²) in [6.45, 7) is 7.04. The van der Waals surface area contributed by atoms with Gasteiger partial charge in [0.25, 0.3) is 0 Å². The fourth-order valence-electron chi connectivity index (χ4n) is 10.3. The van der Waals surface area contributed by atoms with E-state index in [0.717, 1.165) is 64.2 Å². The maximum Gasteiger partial charge on any atom is 0.472 e. The Balaban J connectivity index is 5.04. The molecule has 9 nitrogen and oxygen atoms in total. The molecule has 0 aliphatic heterocycles.